The van der Waals surface area contributed by atoms with Crippen LogP contribution in [0.15, 0.2) is 0 Å². The molecule has 0 unspecified atom stereocenters. The van der Waals surface area contributed by atoms with E-state index in [1.165, 1.54) is 12.8 Å². The number of rotatable bonds is 8. The fourth-order valence-corrected chi connectivity index (χ4v) is 3.21. The van der Waals surface area contributed by atoms with Gasteiger partial charge in [-0.2, -0.15) is 0 Å². The third-order valence-corrected chi connectivity index (χ3v) is 4.60. The molecule has 1 rings (SSSR count). The van der Waals surface area contributed by atoms with Crippen molar-refractivity contribution in [2.45, 2.75) is 39.7 Å². The first-order valence-corrected chi connectivity index (χ1v) is 7.77. The standard InChI is InChI=1S/C11H24N2O2S/c1-4-13(9-10(2)3)16(14,15)8-7-12-11-5-6-11/h10-12H,4-9H2,1-3H3. The first kappa shape index (κ1) is 13.9. The Bertz CT molecular complexity index is 297. The second-order valence-corrected chi connectivity index (χ2v) is 6.98. The van der Waals surface area contributed by atoms with Crippen LogP contribution >= 0.6 is 0 Å². The summed E-state index contributed by atoms with van der Waals surface area (Å²) in [5.41, 5.74) is 0. The van der Waals surface area contributed by atoms with Crippen molar-refractivity contribution in [3.8, 4) is 0 Å². The van der Waals surface area contributed by atoms with Crippen LogP contribution in [0.25, 0.3) is 0 Å². The maximum Gasteiger partial charge on any atom is 0.215 e. The molecule has 16 heavy (non-hydrogen) atoms. The van der Waals surface area contributed by atoms with E-state index in [1.54, 1.807) is 4.31 Å². The number of hydrogen-bond acceptors (Lipinski definition) is 3. The van der Waals surface area contributed by atoms with E-state index in [0.717, 1.165) is 0 Å². The highest BCUT2D eigenvalue weighted by molar-refractivity contribution is 7.89. The van der Waals surface area contributed by atoms with E-state index in [1.807, 2.05) is 20.8 Å². The maximum absolute atomic E-state index is 12.0. The monoisotopic (exact) mass is 248 g/mol. The van der Waals surface area contributed by atoms with E-state index < -0.39 is 10.0 Å². The highest BCUT2D eigenvalue weighted by Crippen LogP contribution is 2.18. The predicted octanol–water partition coefficient (Wildman–Crippen LogP) is 1.05. The van der Waals surface area contributed by atoms with E-state index in [0.29, 0.717) is 31.6 Å². The molecule has 0 atom stereocenters. The topological polar surface area (TPSA) is 49.4 Å². The molecule has 0 bridgehead atoms. The zero-order valence-electron chi connectivity index (χ0n) is 10.6. The van der Waals surface area contributed by atoms with Crippen LogP contribution in [0.3, 0.4) is 0 Å². The number of nitrogens with zero attached hydrogens (tertiary/aromatic N) is 1. The second-order valence-electron chi connectivity index (χ2n) is 4.89. The van der Waals surface area contributed by atoms with Crippen molar-refractivity contribution in [1.82, 2.24) is 9.62 Å². The first-order valence-electron chi connectivity index (χ1n) is 6.17. The first-order chi connectivity index (χ1) is 7.45. The van der Waals surface area contributed by atoms with Crippen LogP contribution < -0.4 is 5.32 Å². The van der Waals surface area contributed by atoms with Gasteiger partial charge in [0, 0.05) is 25.7 Å². The van der Waals surface area contributed by atoms with Gasteiger partial charge in [0.25, 0.3) is 0 Å². The summed E-state index contributed by atoms with van der Waals surface area (Å²) in [5, 5.41) is 3.24. The van der Waals surface area contributed by atoms with Gasteiger partial charge in [-0.15, -0.1) is 0 Å². The van der Waals surface area contributed by atoms with Gasteiger partial charge in [0.15, 0.2) is 0 Å². The molecule has 0 amide bonds. The third kappa shape index (κ3) is 4.80. The smallest absolute Gasteiger partial charge is 0.215 e. The van der Waals surface area contributed by atoms with Crippen LogP contribution in [0.2, 0.25) is 0 Å². The van der Waals surface area contributed by atoms with Crippen LogP contribution in [0.5, 0.6) is 0 Å². The second kappa shape index (κ2) is 5.98. The maximum atomic E-state index is 12.0. The van der Waals surface area contributed by atoms with Crippen molar-refractivity contribution >= 4 is 10.0 Å². The molecular weight excluding hydrogens is 224 g/mol. The Morgan fingerprint density at radius 2 is 2.00 bits per heavy atom. The zero-order valence-corrected chi connectivity index (χ0v) is 11.4. The van der Waals surface area contributed by atoms with Crippen molar-refractivity contribution in [3.05, 3.63) is 0 Å². The molecule has 0 aromatic rings. The van der Waals surface area contributed by atoms with Crippen LogP contribution in [-0.2, 0) is 10.0 Å². The minimum atomic E-state index is -3.06. The van der Waals surface area contributed by atoms with E-state index in [-0.39, 0.29) is 5.75 Å². The molecule has 1 aliphatic carbocycles. The van der Waals surface area contributed by atoms with E-state index in [4.69, 9.17) is 0 Å². The lowest BCUT2D eigenvalue weighted by atomic mass is 10.2. The summed E-state index contributed by atoms with van der Waals surface area (Å²) in [7, 11) is -3.06. The highest BCUT2D eigenvalue weighted by atomic mass is 32.2. The lowest BCUT2D eigenvalue weighted by Gasteiger charge is -2.22. The quantitative estimate of drug-likeness (QED) is 0.698. The van der Waals surface area contributed by atoms with Gasteiger partial charge in [0.1, 0.15) is 0 Å². The van der Waals surface area contributed by atoms with Crippen LogP contribution in [-0.4, -0.2) is 44.2 Å². The molecule has 0 aromatic carbocycles. The van der Waals surface area contributed by atoms with Crippen molar-refractivity contribution < 1.29 is 8.42 Å². The Labute approximate surface area is 99.5 Å². The van der Waals surface area contributed by atoms with Gasteiger partial charge in [0.2, 0.25) is 10.0 Å². The molecule has 0 spiro atoms. The Balaban J connectivity index is 2.38. The molecule has 96 valence electrons. The summed E-state index contributed by atoms with van der Waals surface area (Å²) in [6.07, 6.45) is 2.40. The largest absolute Gasteiger partial charge is 0.313 e. The number of nitrogens with one attached hydrogen (secondary N) is 1. The van der Waals surface area contributed by atoms with Crippen molar-refractivity contribution in [2.75, 3.05) is 25.4 Å². The molecule has 5 heteroatoms. The van der Waals surface area contributed by atoms with Crippen LogP contribution in [0, 0.1) is 5.92 Å². The summed E-state index contributed by atoms with van der Waals surface area (Å²) in [6, 6.07) is 0.579. The molecule has 1 saturated carbocycles. The van der Waals surface area contributed by atoms with E-state index in [2.05, 4.69) is 5.32 Å². The van der Waals surface area contributed by atoms with Crippen molar-refractivity contribution in [3.63, 3.8) is 0 Å². The molecule has 1 fully saturated rings. The minimum absolute atomic E-state index is 0.226. The van der Waals surface area contributed by atoms with Gasteiger partial charge in [-0.05, 0) is 18.8 Å². The minimum Gasteiger partial charge on any atom is -0.313 e. The lowest BCUT2D eigenvalue weighted by molar-refractivity contribution is 0.380. The molecule has 0 radical (unpaired) electrons. The highest BCUT2D eigenvalue weighted by Gasteiger charge is 2.24. The fourth-order valence-electron chi connectivity index (χ4n) is 1.66. The molecule has 0 heterocycles. The molecule has 0 saturated heterocycles. The SMILES string of the molecule is CCN(CC(C)C)S(=O)(=O)CCNC1CC1. The summed E-state index contributed by atoms with van der Waals surface area (Å²) in [6.45, 7) is 7.77. The van der Waals surface area contributed by atoms with Gasteiger partial charge in [-0.1, -0.05) is 20.8 Å². The van der Waals surface area contributed by atoms with Gasteiger partial charge >= 0.3 is 0 Å². The van der Waals surface area contributed by atoms with E-state index in [9.17, 15) is 8.42 Å². The predicted molar refractivity (Wildman–Crippen MR) is 66.9 cm³/mol. The summed E-state index contributed by atoms with van der Waals surface area (Å²) < 4.78 is 25.6. The van der Waals surface area contributed by atoms with Crippen molar-refractivity contribution in [2.24, 2.45) is 5.92 Å². The molecule has 4 nitrogen and oxygen atoms in total. The Kier molecular flexibility index (Phi) is 5.21. The molecule has 1 N–H and O–H groups in total. The number of hydrogen-bond donors (Lipinski definition) is 1. The lowest BCUT2D eigenvalue weighted by Crippen LogP contribution is -2.38. The molecular formula is C11H24N2O2S. The van der Waals surface area contributed by atoms with Crippen LogP contribution in [0.1, 0.15) is 33.6 Å². The molecule has 0 aromatic heterocycles. The molecule has 1 aliphatic rings. The van der Waals surface area contributed by atoms with E-state index >= 15 is 0 Å². The van der Waals surface area contributed by atoms with Gasteiger partial charge in [-0.25, -0.2) is 12.7 Å². The van der Waals surface area contributed by atoms with Crippen LogP contribution in [0.4, 0.5) is 0 Å². The third-order valence-electron chi connectivity index (χ3n) is 2.69. The Morgan fingerprint density at radius 3 is 2.44 bits per heavy atom. The summed E-state index contributed by atoms with van der Waals surface area (Å²) >= 11 is 0. The van der Waals surface area contributed by atoms with Crippen molar-refractivity contribution in [1.29, 1.82) is 0 Å². The Hall–Kier alpha value is -0.130. The average molecular weight is 248 g/mol. The normalized spacial score (nSPS) is 17.3. The van der Waals surface area contributed by atoms with Gasteiger partial charge < -0.3 is 5.32 Å². The summed E-state index contributed by atoms with van der Waals surface area (Å²) in [5.74, 6) is 0.607. The zero-order chi connectivity index (χ0) is 12.2. The van der Waals surface area contributed by atoms with Gasteiger partial charge in [-0.3, -0.25) is 0 Å². The Morgan fingerprint density at radius 1 is 1.38 bits per heavy atom. The number of sulfonamides is 1. The summed E-state index contributed by atoms with van der Waals surface area (Å²) in [4.78, 5) is 0. The molecule has 0 aliphatic heterocycles. The fraction of sp³-hybridized carbons (Fsp3) is 1.00. The van der Waals surface area contributed by atoms with Gasteiger partial charge in [0.05, 0.1) is 5.75 Å². The average Bonchev–Trinajstić information content (AvgIpc) is 2.97.